The van der Waals surface area contributed by atoms with Crippen LogP contribution in [0.1, 0.15) is 75.3 Å². The highest BCUT2D eigenvalue weighted by atomic mass is 35.5. The summed E-state index contributed by atoms with van der Waals surface area (Å²) in [4.78, 5) is 16.9. The number of piperazine rings is 1. The lowest BCUT2D eigenvalue weighted by molar-refractivity contribution is 0.0176. The van der Waals surface area contributed by atoms with E-state index in [2.05, 4.69) is 92.2 Å². The Balaban J connectivity index is 1.50. The van der Waals surface area contributed by atoms with E-state index in [1.54, 1.807) is 4.90 Å². The van der Waals surface area contributed by atoms with Gasteiger partial charge in [0.05, 0.1) is 18.3 Å². The van der Waals surface area contributed by atoms with Gasteiger partial charge in [-0.25, -0.2) is 9.80 Å². The number of anilines is 1. The van der Waals surface area contributed by atoms with Crippen molar-refractivity contribution in [3.05, 3.63) is 88.5 Å². The van der Waals surface area contributed by atoms with Gasteiger partial charge in [-0.05, 0) is 90.0 Å². The molecule has 6 nitrogen and oxygen atoms in total. The van der Waals surface area contributed by atoms with Crippen molar-refractivity contribution >= 4 is 29.2 Å². The van der Waals surface area contributed by atoms with Crippen LogP contribution in [0.3, 0.4) is 0 Å². The van der Waals surface area contributed by atoms with E-state index in [-0.39, 0.29) is 23.7 Å². The molecule has 1 spiro atoms. The van der Waals surface area contributed by atoms with E-state index in [0.717, 1.165) is 47.5 Å². The molecule has 2 aromatic carbocycles. The van der Waals surface area contributed by atoms with Crippen LogP contribution < -0.4 is 5.01 Å². The van der Waals surface area contributed by atoms with Gasteiger partial charge in [0, 0.05) is 12.0 Å². The number of carbonyl (C=O) groups is 1. The number of alkyl halides is 1. The number of hydrogen-bond donors (Lipinski definition) is 0. The van der Waals surface area contributed by atoms with Gasteiger partial charge in [0.15, 0.2) is 0 Å². The minimum Gasteiger partial charge on any atom is -0.444 e. The maximum absolute atomic E-state index is 13.5. The first-order valence-corrected chi connectivity index (χ1v) is 15.5. The number of halogens is 1. The highest BCUT2D eigenvalue weighted by molar-refractivity contribution is 6.27. The van der Waals surface area contributed by atoms with Gasteiger partial charge in [0.1, 0.15) is 22.5 Å². The highest BCUT2D eigenvalue weighted by Gasteiger charge is 2.58. The van der Waals surface area contributed by atoms with Crippen LogP contribution in [0.2, 0.25) is 0 Å². The predicted molar refractivity (Wildman–Crippen MR) is 171 cm³/mol. The van der Waals surface area contributed by atoms with Gasteiger partial charge in [0.25, 0.3) is 0 Å². The summed E-state index contributed by atoms with van der Waals surface area (Å²) in [5, 5.41) is 7.50. The molecule has 0 N–H and O–H groups in total. The van der Waals surface area contributed by atoms with E-state index in [1.165, 1.54) is 11.1 Å². The Bertz CT molecular complexity index is 1470. The number of fused-ring (bicyclic) bond motifs is 1. The quantitative estimate of drug-likeness (QED) is 0.269. The standard InChI is InChI=1S/C35H43ClN4O2/c1-23-19-24(2)30(25(3)20-23)40-31(34(7,36)28-15-18-35(28)16-11-12-17-35)39-27(26-13-9-8-10-14-26)21-38(22-29(39)37-40)32(41)42-33(4,5)6/h8-11,13-16,19-20,27,31H,12,17-18,21-22H2,1-7H3/t27-,31?,34?,35?/m1/s1. The zero-order valence-electron chi connectivity index (χ0n) is 25.9. The van der Waals surface area contributed by atoms with Crippen LogP contribution in [0.15, 0.2) is 71.4 Å². The van der Waals surface area contributed by atoms with Gasteiger partial charge in [-0.3, -0.25) is 4.90 Å². The molecule has 4 atom stereocenters. The maximum atomic E-state index is 13.5. The number of hydrazone groups is 1. The van der Waals surface area contributed by atoms with E-state index in [1.807, 2.05) is 26.8 Å². The predicted octanol–water partition coefficient (Wildman–Crippen LogP) is 8.03. The number of allylic oxidation sites excluding steroid dienone is 3. The Morgan fingerprint density at radius 1 is 1.07 bits per heavy atom. The minimum atomic E-state index is -0.747. The highest BCUT2D eigenvalue weighted by Crippen LogP contribution is 2.58. The molecule has 222 valence electrons. The summed E-state index contributed by atoms with van der Waals surface area (Å²) >= 11 is 7.89. The molecule has 0 aromatic heterocycles. The smallest absolute Gasteiger partial charge is 0.410 e. The van der Waals surface area contributed by atoms with Crippen molar-refractivity contribution in [2.75, 3.05) is 18.1 Å². The zero-order valence-corrected chi connectivity index (χ0v) is 26.7. The van der Waals surface area contributed by atoms with Crippen molar-refractivity contribution in [1.29, 1.82) is 0 Å². The molecular weight excluding hydrogens is 544 g/mol. The SMILES string of the molecule is Cc1cc(C)c(N2N=C3CN(C(=O)OC(C)(C)C)C[C@H](c4ccccc4)N3C2C(C)(Cl)C2=CCC23C=CCC3)c(C)c1. The number of ether oxygens (including phenoxy) is 1. The maximum Gasteiger partial charge on any atom is 0.410 e. The fourth-order valence-corrected chi connectivity index (χ4v) is 7.97. The van der Waals surface area contributed by atoms with Crippen LogP contribution >= 0.6 is 11.6 Å². The number of nitrogens with zero attached hydrogens (tertiary/aromatic N) is 4. The molecule has 1 fully saturated rings. The first-order chi connectivity index (χ1) is 19.8. The van der Waals surface area contributed by atoms with Gasteiger partial charge in [-0.1, -0.05) is 66.3 Å². The molecular formula is C35H43ClN4O2. The molecule has 4 aliphatic rings. The second-order valence-corrected chi connectivity index (χ2v) is 14.5. The molecule has 2 heterocycles. The van der Waals surface area contributed by atoms with Crippen LogP contribution in [0, 0.1) is 26.2 Å². The third kappa shape index (κ3) is 4.82. The average Bonchev–Trinajstić information content (AvgIpc) is 3.53. The van der Waals surface area contributed by atoms with E-state index in [4.69, 9.17) is 21.4 Å². The fraction of sp³-hybridized carbons (Fsp3) is 0.486. The topological polar surface area (TPSA) is 48.4 Å². The van der Waals surface area contributed by atoms with Crippen molar-refractivity contribution in [2.24, 2.45) is 10.5 Å². The van der Waals surface area contributed by atoms with Crippen molar-refractivity contribution < 1.29 is 9.53 Å². The average molecular weight is 587 g/mol. The molecule has 1 saturated heterocycles. The third-order valence-corrected chi connectivity index (χ3v) is 9.59. The first-order valence-electron chi connectivity index (χ1n) is 15.1. The van der Waals surface area contributed by atoms with Crippen LogP contribution in [-0.4, -0.2) is 51.5 Å². The molecule has 42 heavy (non-hydrogen) atoms. The van der Waals surface area contributed by atoms with Crippen molar-refractivity contribution in [3.63, 3.8) is 0 Å². The first kappa shape index (κ1) is 28.9. The minimum absolute atomic E-state index is 0.0167. The van der Waals surface area contributed by atoms with E-state index in [9.17, 15) is 4.79 Å². The molecule has 0 saturated carbocycles. The molecule has 0 radical (unpaired) electrons. The number of benzene rings is 2. The van der Waals surface area contributed by atoms with E-state index < -0.39 is 10.5 Å². The van der Waals surface area contributed by atoms with Gasteiger partial charge in [-0.2, -0.15) is 5.10 Å². The molecule has 6 rings (SSSR count). The number of carbonyl (C=O) groups excluding carboxylic acids is 1. The van der Waals surface area contributed by atoms with Crippen LogP contribution in [0.4, 0.5) is 10.5 Å². The Morgan fingerprint density at radius 2 is 1.76 bits per heavy atom. The zero-order chi connectivity index (χ0) is 30.0. The molecule has 3 unspecified atom stereocenters. The summed E-state index contributed by atoms with van der Waals surface area (Å²) in [5.41, 5.74) is 6.44. The fourth-order valence-electron chi connectivity index (χ4n) is 7.51. The largest absolute Gasteiger partial charge is 0.444 e. The Kier molecular flexibility index (Phi) is 7.00. The van der Waals surface area contributed by atoms with Crippen LogP contribution in [-0.2, 0) is 4.74 Å². The van der Waals surface area contributed by atoms with Gasteiger partial charge in [0.2, 0.25) is 0 Å². The lowest BCUT2D eigenvalue weighted by Crippen LogP contribution is -2.63. The van der Waals surface area contributed by atoms with Crippen molar-refractivity contribution in [1.82, 2.24) is 9.80 Å². The van der Waals surface area contributed by atoms with Gasteiger partial charge in [-0.15, -0.1) is 11.6 Å². The number of amidine groups is 1. The summed E-state index contributed by atoms with van der Waals surface area (Å²) in [6, 6.07) is 14.7. The Hall–Kier alpha value is -3.25. The van der Waals surface area contributed by atoms with Crippen LogP contribution in [0.25, 0.3) is 0 Å². The number of amides is 1. The lowest BCUT2D eigenvalue weighted by Gasteiger charge is -2.53. The second kappa shape index (κ2) is 10.2. The summed E-state index contributed by atoms with van der Waals surface area (Å²) in [6.45, 7) is 15.2. The van der Waals surface area contributed by atoms with Crippen molar-refractivity contribution in [2.45, 2.75) is 90.4 Å². The van der Waals surface area contributed by atoms with E-state index in [0.29, 0.717) is 13.1 Å². The number of hydrogen-bond acceptors (Lipinski definition) is 5. The van der Waals surface area contributed by atoms with Crippen LogP contribution in [0.5, 0.6) is 0 Å². The Labute approximate surface area is 255 Å². The normalized spacial score (nSPS) is 26.5. The molecule has 2 aromatic rings. The molecule has 2 aliphatic heterocycles. The molecule has 2 aliphatic carbocycles. The van der Waals surface area contributed by atoms with E-state index >= 15 is 0 Å². The summed E-state index contributed by atoms with van der Waals surface area (Å²) in [6.07, 6.45) is 9.60. The summed E-state index contributed by atoms with van der Waals surface area (Å²) < 4.78 is 5.85. The summed E-state index contributed by atoms with van der Waals surface area (Å²) in [7, 11) is 0. The number of rotatable bonds is 4. The van der Waals surface area contributed by atoms with Gasteiger partial charge < -0.3 is 9.64 Å². The van der Waals surface area contributed by atoms with Crippen molar-refractivity contribution in [3.8, 4) is 0 Å². The van der Waals surface area contributed by atoms with Gasteiger partial charge >= 0.3 is 6.09 Å². The third-order valence-electron chi connectivity index (χ3n) is 9.19. The summed E-state index contributed by atoms with van der Waals surface area (Å²) in [5.74, 6) is 0.827. The molecule has 1 amide bonds. The Morgan fingerprint density at radius 3 is 2.33 bits per heavy atom. The monoisotopic (exact) mass is 586 g/mol. The molecule has 0 bridgehead atoms. The number of aryl methyl sites for hydroxylation is 3. The second-order valence-electron chi connectivity index (χ2n) is 13.7. The lowest BCUT2D eigenvalue weighted by atomic mass is 9.63. The molecule has 7 heteroatoms.